The van der Waals surface area contributed by atoms with Crippen molar-refractivity contribution in [3.63, 3.8) is 0 Å². The SMILES string of the molecule is Cc1cc2c(cc1C1CCCC1=Cc1ccncc1C(=O)O)C(C)(C)CCC2(C)C. The Balaban J connectivity index is 1.80. The fourth-order valence-corrected chi connectivity index (χ4v) is 5.42. The zero-order valence-electron chi connectivity index (χ0n) is 18.9. The molecule has 0 amide bonds. The van der Waals surface area contributed by atoms with Crippen molar-refractivity contribution in [3.8, 4) is 0 Å². The van der Waals surface area contributed by atoms with Crippen LogP contribution < -0.4 is 0 Å². The topological polar surface area (TPSA) is 50.2 Å². The molecule has 1 aromatic heterocycles. The summed E-state index contributed by atoms with van der Waals surface area (Å²) >= 11 is 0. The maximum Gasteiger partial charge on any atom is 0.337 e. The molecule has 30 heavy (non-hydrogen) atoms. The number of benzene rings is 1. The average Bonchev–Trinajstić information content (AvgIpc) is 3.13. The number of allylic oxidation sites excluding steroid dienone is 1. The molecular formula is C27H33NO2. The number of aromatic nitrogens is 1. The van der Waals surface area contributed by atoms with Crippen LogP contribution in [0.5, 0.6) is 0 Å². The van der Waals surface area contributed by atoms with Crippen LogP contribution in [-0.2, 0) is 10.8 Å². The maximum atomic E-state index is 11.6. The largest absolute Gasteiger partial charge is 0.478 e. The fourth-order valence-electron chi connectivity index (χ4n) is 5.42. The van der Waals surface area contributed by atoms with E-state index in [4.69, 9.17) is 0 Å². The van der Waals surface area contributed by atoms with Crippen LogP contribution >= 0.6 is 0 Å². The highest BCUT2D eigenvalue weighted by molar-refractivity contribution is 5.92. The van der Waals surface area contributed by atoms with Crippen LogP contribution in [0.1, 0.15) is 104 Å². The van der Waals surface area contributed by atoms with Crippen LogP contribution in [0.25, 0.3) is 6.08 Å². The van der Waals surface area contributed by atoms with E-state index >= 15 is 0 Å². The number of fused-ring (bicyclic) bond motifs is 1. The van der Waals surface area contributed by atoms with Crippen molar-refractivity contribution in [2.45, 2.75) is 83.5 Å². The molecule has 4 rings (SSSR count). The van der Waals surface area contributed by atoms with Gasteiger partial charge in [-0.25, -0.2) is 4.79 Å². The third-order valence-electron chi connectivity index (χ3n) is 7.45. The van der Waals surface area contributed by atoms with Gasteiger partial charge in [0.15, 0.2) is 0 Å². The molecule has 2 aliphatic carbocycles. The Kier molecular flexibility index (Phi) is 5.12. The van der Waals surface area contributed by atoms with E-state index in [9.17, 15) is 9.90 Å². The second-order valence-corrected chi connectivity index (χ2v) is 10.5. The molecule has 1 saturated carbocycles. The van der Waals surface area contributed by atoms with Crippen LogP contribution in [0, 0.1) is 6.92 Å². The van der Waals surface area contributed by atoms with Crippen LogP contribution in [-0.4, -0.2) is 16.1 Å². The third-order valence-corrected chi connectivity index (χ3v) is 7.45. The quantitative estimate of drug-likeness (QED) is 0.614. The number of carboxylic acids is 1. The van der Waals surface area contributed by atoms with Crippen LogP contribution in [0.3, 0.4) is 0 Å². The second-order valence-electron chi connectivity index (χ2n) is 10.5. The number of aromatic carboxylic acids is 1. The lowest BCUT2D eigenvalue weighted by Crippen LogP contribution is -2.34. The van der Waals surface area contributed by atoms with Gasteiger partial charge < -0.3 is 5.11 Å². The smallest absolute Gasteiger partial charge is 0.337 e. The minimum absolute atomic E-state index is 0.192. The molecule has 2 aliphatic rings. The van der Waals surface area contributed by atoms with Crippen molar-refractivity contribution in [2.75, 3.05) is 0 Å². The molecule has 1 heterocycles. The monoisotopic (exact) mass is 403 g/mol. The Labute approximate surface area is 180 Å². The number of hydrogen-bond acceptors (Lipinski definition) is 2. The molecule has 1 atom stereocenters. The summed E-state index contributed by atoms with van der Waals surface area (Å²) in [6.45, 7) is 11.7. The number of pyridine rings is 1. The van der Waals surface area contributed by atoms with E-state index in [0.717, 1.165) is 24.8 Å². The molecule has 1 N–H and O–H groups in total. The van der Waals surface area contributed by atoms with Crippen molar-refractivity contribution in [2.24, 2.45) is 0 Å². The lowest BCUT2D eigenvalue weighted by molar-refractivity contribution is 0.0696. The Hall–Kier alpha value is -2.42. The zero-order valence-corrected chi connectivity index (χ0v) is 18.9. The van der Waals surface area contributed by atoms with Gasteiger partial charge in [0.05, 0.1) is 5.56 Å². The van der Waals surface area contributed by atoms with E-state index < -0.39 is 5.97 Å². The number of hydrogen-bond donors (Lipinski definition) is 1. The Morgan fingerprint density at radius 3 is 2.47 bits per heavy atom. The normalized spacial score (nSPS) is 23.4. The molecule has 1 unspecified atom stereocenters. The summed E-state index contributed by atoms with van der Waals surface area (Å²) in [6, 6.07) is 6.74. The third kappa shape index (κ3) is 3.59. The highest BCUT2D eigenvalue weighted by Crippen LogP contribution is 2.49. The van der Waals surface area contributed by atoms with E-state index in [2.05, 4.69) is 57.8 Å². The summed E-state index contributed by atoms with van der Waals surface area (Å²) in [4.78, 5) is 15.6. The fraction of sp³-hybridized carbons (Fsp3) is 0.481. The first-order valence-corrected chi connectivity index (χ1v) is 11.1. The standard InChI is InChI=1S/C27H33NO2/c1-17-13-23-24(27(4,5)11-10-26(23,2)3)15-21(17)20-8-6-7-18(20)14-19-9-12-28-16-22(19)25(29)30/h9,12-16,20H,6-8,10-11H2,1-5H3,(H,29,30). The van der Waals surface area contributed by atoms with E-state index in [1.165, 1.54) is 46.9 Å². The molecule has 0 bridgehead atoms. The summed E-state index contributed by atoms with van der Waals surface area (Å²) in [5.74, 6) is -0.551. The first kappa shape index (κ1) is 20.8. The summed E-state index contributed by atoms with van der Waals surface area (Å²) in [5.41, 5.74) is 8.59. The van der Waals surface area contributed by atoms with Gasteiger partial charge in [-0.2, -0.15) is 0 Å². The molecule has 3 nitrogen and oxygen atoms in total. The van der Waals surface area contributed by atoms with E-state index in [0.29, 0.717) is 5.92 Å². The number of aryl methyl sites for hydroxylation is 1. The Morgan fingerprint density at radius 2 is 1.80 bits per heavy atom. The first-order valence-electron chi connectivity index (χ1n) is 11.1. The second kappa shape index (κ2) is 7.37. The summed E-state index contributed by atoms with van der Waals surface area (Å²) < 4.78 is 0. The summed E-state index contributed by atoms with van der Waals surface area (Å²) in [5, 5.41) is 9.54. The molecular weight excluding hydrogens is 370 g/mol. The lowest BCUT2D eigenvalue weighted by Gasteiger charge is -2.42. The molecule has 1 aromatic carbocycles. The number of carbonyl (C=O) groups is 1. The highest BCUT2D eigenvalue weighted by atomic mass is 16.4. The molecule has 1 fully saturated rings. The van der Waals surface area contributed by atoms with Crippen molar-refractivity contribution >= 4 is 12.0 Å². The summed E-state index contributed by atoms with van der Waals surface area (Å²) in [7, 11) is 0. The van der Waals surface area contributed by atoms with Gasteiger partial charge in [-0.05, 0) is 83.7 Å². The van der Waals surface area contributed by atoms with Gasteiger partial charge in [-0.3, -0.25) is 4.98 Å². The number of nitrogens with zero attached hydrogens (tertiary/aromatic N) is 1. The van der Waals surface area contributed by atoms with Crippen LogP contribution in [0.15, 0.2) is 36.2 Å². The highest BCUT2D eigenvalue weighted by Gasteiger charge is 2.38. The van der Waals surface area contributed by atoms with E-state index in [1.54, 1.807) is 6.20 Å². The van der Waals surface area contributed by atoms with Gasteiger partial charge >= 0.3 is 5.97 Å². The van der Waals surface area contributed by atoms with Crippen LogP contribution in [0.4, 0.5) is 0 Å². The Morgan fingerprint density at radius 1 is 1.13 bits per heavy atom. The van der Waals surface area contributed by atoms with Crippen molar-refractivity contribution in [3.05, 3.63) is 69.5 Å². The van der Waals surface area contributed by atoms with Gasteiger partial charge in [0.25, 0.3) is 0 Å². The van der Waals surface area contributed by atoms with Gasteiger partial charge in [-0.15, -0.1) is 0 Å². The van der Waals surface area contributed by atoms with E-state index in [1.807, 2.05) is 6.07 Å². The van der Waals surface area contributed by atoms with E-state index in [-0.39, 0.29) is 16.4 Å². The molecule has 2 aromatic rings. The first-order chi connectivity index (χ1) is 14.1. The van der Waals surface area contributed by atoms with Crippen molar-refractivity contribution < 1.29 is 9.90 Å². The zero-order chi connectivity index (χ0) is 21.7. The van der Waals surface area contributed by atoms with Gasteiger partial charge in [0.1, 0.15) is 0 Å². The number of carboxylic acid groups (broad SMARTS) is 1. The maximum absolute atomic E-state index is 11.6. The molecule has 0 aliphatic heterocycles. The average molecular weight is 404 g/mol. The minimum Gasteiger partial charge on any atom is -0.478 e. The predicted octanol–water partition coefficient (Wildman–Crippen LogP) is 6.79. The Bertz CT molecular complexity index is 1030. The molecule has 3 heteroatoms. The van der Waals surface area contributed by atoms with Gasteiger partial charge in [0.2, 0.25) is 0 Å². The van der Waals surface area contributed by atoms with Crippen LogP contribution in [0.2, 0.25) is 0 Å². The minimum atomic E-state index is -0.918. The van der Waals surface area contributed by atoms with Gasteiger partial charge in [-0.1, -0.05) is 51.5 Å². The predicted molar refractivity (Wildman–Crippen MR) is 122 cm³/mol. The molecule has 0 radical (unpaired) electrons. The van der Waals surface area contributed by atoms with Gasteiger partial charge in [0, 0.05) is 18.3 Å². The molecule has 0 spiro atoms. The lowest BCUT2D eigenvalue weighted by atomic mass is 9.62. The van der Waals surface area contributed by atoms with Crippen molar-refractivity contribution in [1.82, 2.24) is 4.98 Å². The van der Waals surface area contributed by atoms with Crippen molar-refractivity contribution in [1.29, 1.82) is 0 Å². The molecule has 158 valence electrons. The number of rotatable bonds is 3. The summed E-state index contributed by atoms with van der Waals surface area (Å²) in [6.07, 6.45) is 11.0. The molecule has 0 saturated heterocycles.